The monoisotopic (exact) mass is 296 g/mol. The van der Waals surface area contributed by atoms with Gasteiger partial charge in [-0.25, -0.2) is 0 Å². The first-order valence-corrected chi connectivity index (χ1v) is 8.33. The Bertz CT molecular complexity index is 382. The number of nitrogens with zero attached hydrogens (tertiary/aromatic N) is 1. The van der Waals surface area contributed by atoms with Crippen LogP contribution in [0, 0.1) is 5.92 Å². The number of ether oxygens (including phenoxy) is 1. The SMILES string of the molecule is CCC1OCCC1CNC1CC(=O)N(C(CC)CC)C1=O. The van der Waals surface area contributed by atoms with Gasteiger partial charge in [0.1, 0.15) is 0 Å². The normalized spacial score (nSPS) is 29.9. The Morgan fingerprint density at radius 1 is 1.29 bits per heavy atom. The molecule has 5 nitrogen and oxygen atoms in total. The second-order valence-corrected chi connectivity index (χ2v) is 6.10. The van der Waals surface area contributed by atoms with Crippen LogP contribution in [0.1, 0.15) is 52.9 Å². The van der Waals surface area contributed by atoms with Gasteiger partial charge in [0.15, 0.2) is 0 Å². The van der Waals surface area contributed by atoms with Crippen molar-refractivity contribution in [2.45, 2.75) is 71.1 Å². The minimum absolute atomic E-state index is 0.0269. The van der Waals surface area contributed by atoms with E-state index in [0.29, 0.717) is 18.4 Å². The zero-order valence-corrected chi connectivity index (χ0v) is 13.4. The molecule has 2 aliphatic heterocycles. The molecule has 2 amide bonds. The second kappa shape index (κ2) is 7.36. The number of hydrogen-bond acceptors (Lipinski definition) is 4. The Hall–Kier alpha value is -0.940. The lowest BCUT2D eigenvalue weighted by molar-refractivity contribution is -0.141. The maximum atomic E-state index is 12.4. The summed E-state index contributed by atoms with van der Waals surface area (Å²) < 4.78 is 5.67. The molecule has 120 valence electrons. The number of carbonyl (C=O) groups is 2. The van der Waals surface area contributed by atoms with Crippen molar-refractivity contribution in [1.29, 1.82) is 0 Å². The molecular formula is C16H28N2O3. The van der Waals surface area contributed by atoms with Gasteiger partial charge in [0.2, 0.25) is 11.8 Å². The van der Waals surface area contributed by atoms with E-state index in [2.05, 4.69) is 12.2 Å². The summed E-state index contributed by atoms with van der Waals surface area (Å²) in [5.41, 5.74) is 0. The van der Waals surface area contributed by atoms with Gasteiger partial charge >= 0.3 is 0 Å². The van der Waals surface area contributed by atoms with Crippen molar-refractivity contribution in [2.75, 3.05) is 13.2 Å². The summed E-state index contributed by atoms with van der Waals surface area (Å²) in [5, 5.41) is 3.31. The molecule has 2 fully saturated rings. The summed E-state index contributed by atoms with van der Waals surface area (Å²) in [7, 11) is 0. The molecule has 0 aromatic carbocycles. The number of amides is 2. The molecule has 2 rings (SSSR count). The largest absolute Gasteiger partial charge is 0.378 e. The van der Waals surface area contributed by atoms with Gasteiger partial charge in [0.05, 0.1) is 18.6 Å². The fourth-order valence-electron chi connectivity index (χ4n) is 3.52. The first-order valence-electron chi connectivity index (χ1n) is 8.33. The van der Waals surface area contributed by atoms with Crippen molar-refractivity contribution in [3.8, 4) is 0 Å². The van der Waals surface area contributed by atoms with E-state index in [1.807, 2.05) is 13.8 Å². The van der Waals surface area contributed by atoms with Crippen molar-refractivity contribution in [2.24, 2.45) is 5.92 Å². The van der Waals surface area contributed by atoms with Gasteiger partial charge in [0.25, 0.3) is 0 Å². The number of imide groups is 1. The van der Waals surface area contributed by atoms with Crippen molar-refractivity contribution >= 4 is 11.8 Å². The maximum Gasteiger partial charge on any atom is 0.247 e. The smallest absolute Gasteiger partial charge is 0.247 e. The van der Waals surface area contributed by atoms with Crippen molar-refractivity contribution in [3.63, 3.8) is 0 Å². The summed E-state index contributed by atoms with van der Waals surface area (Å²) in [5.74, 6) is 0.390. The molecule has 0 aliphatic carbocycles. The maximum absolute atomic E-state index is 12.4. The molecule has 2 saturated heterocycles. The lowest BCUT2D eigenvalue weighted by Crippen LogP contribution is -2.45. The summed E-state index contributed by atoms with van der Waals surface area (Å²) in [6, 6.07) is -0.286. The Morgan fingerprint density at radius 3 is 2.62 bits per heavy atom. The summed E-state index contributed by atoms with van der Waals surface area (Å²) >= 11 is 0. The van der Waals surface area contributed by atoms with Crippen LogP contribution < -0.4 is 5.32 Å². The number of nitrogens with one attached hydrogen (secondary N) is 1. The van der Waals surface area contributed by atoms with Crippen molar-refractivity contribution < 1.29 is 14.3 Å². The van der Waals surface area contributed by atoms with Crippen LogP contribution >= 0.6 is 0 Å². The highest BCUT2D eigenvalue weighted by Gasteiger charge is 2.41. The van der Waals surface area contributed by atoms with Crippen LogP contribution in [-0.2, 0) is 14.3 Å². The molecule has 0 bridgehead atoms. The molecule has 0 radical (unpaired) electrons. The van der Waals surface area contributed by atoms with Gasteiger partial charge in [0, 0.05) is 19.2 Å². The number of hydrogen-bond donors (Lipinski definition) is 1. The van der Waals surface area contributed by atoms with E-state index >= 15 is 0 Å². The zero-order chi connectivity index (χ0) is 15.4. The van der Waals surface area contributed by atoms with Crippen LogP contribution in [0.25, 0.3) is 0 Å². The van der Waals surface area contributed by atoms with E-state index in [-0.39, 0.29) is 23.9 Å². The van der Waals surface area contributed by atoms with Crippen LogP contribution in [0.5, 0.6) is 0 Å². The van der Waals surface area contributed by atoms with Gasteiger partial charge in [-0.15, -0.1) is 0 Å². The van der Waals surface area contributed by atoms with E-state index in [1.165, 1.54) is 4.90 Å². The second-order valence-electron chi connectivity index (χ2n) is 6.10. The number of likely N-dealkylation sites (tertiary alicyclic amines) is 1. The molecule has 0 saturated carbocycles. The third-order valence-corrected chi connectivity index (χ3v) is 4.87. The summed E-state index contributed by atoms with van der Waals surface area (Å²) in [6.07, 6.45) is 4.30. The average Bonchev–Trinajstić information content (AvgIpc) is 3.05. The first-order chi connectivity index (χ1) is 10.1. The minimum Gasteiger partial charge on any atom is -0.378 e. The zero-order valence-electron chi connectivity index (χ0n) is 13.4. The van der Waals surface area contributed by atoms with Crippen LogP contribution in [0.4, 0.5) is 0 Å². The molecule has 21 heavy (non-hydrogen) atoms. The van der Waals surface area contributed by atoms with Gasteiger partial charge in [-0.1, -0.05) is 20.8 Å². The molecule has 0 aromatic heterocycles. The average molecular weight is 296 g/mol. The van der Waals surface area contributed by atoms with Crippen LogP contribution in [0.2, 0.25) is 0 Å². The number of carbonyl (C=O) groups excluding carboxylic acids is 2. The third-order valence-electron chi connectivity index (χ3n) is 4.87. The molecular weight excluding hydrogens is 268 g/mol. The van der Waals surface area contributed by atoms with Gasteiger partial charge < -0.3 is 10.1 Å². The Morgan fingerprint density at radius 2 is 2.00 bits per heavy atom. The van der Waals surface area contributed by atoms with Gasteiger partial charge in [-0.3, -0.25) is 14.5 Å². The topological polar surface area (TPSA) is 58.6 Å². The summed E-state index contributed by atoms with van der Waals surface area (Å²) in [6.45, 7) is 7.75. The quantitative estimate of drug-likeness (QED) is 0.727. The fraction of sp³-hybridized carbons (Fsp3) is 0.875. The predicted octanol–water partition coefficient (Wildman–Crippen LogP) is 1.71. The van der Waals surface area contributed by atoms with E-state index in [4.69, 9.17) is 4.74 Å². The van der Waals surface area contributed by atoms with Gasteiger partial charge in [-0.05, 0) is 31.6 Å². The summed E-state index contributed by atoms with van der Waals surface area (Å²) in [4.78, 5) is 26.0. The highest BCUT2D eigenvalue weighted by Crippen LogP contribution is 2.24. The standard InChI is InChI=1S/C16H28N2O3/c1-4-12(5-2)18-15(19)9-13(16(18)20)17-10-11-7-8-21-14(11)6-3/h11-14,17H,4-10H2,1-3H3. The Kier molecular flexibility index (Phi) is 5.76. The minimum atomic E-state index is -0.337. The van der Waals surface area contributed by atoms with E-state index in [9.17, 15) is 9.59 Å². The number of rotatable bonds is 7. The Labute approximate surface area is 127 Å². The molecule has 2 aliphatic rings. The van der Waals surface area contributed by atoms with Gasteiger partial charge in [-0.2, -0.15) is 0 Å². The fourth-order valence-corrected chi connectivity index (χ4v) is 3.52. The lowest BCUT2D eigenvalue weighted by Gasteiger charge is -2.25. The lowest BCUT2D eigenvalue weighted by atomic mass is 9.99. The van der Waals surface area contributed by atoms with Crippen LogP contribution in [0.15, 0.2) is 0 Å². The molecule has 3 unspecified atom stereocenters. The Balaban J connectivity index is 1.90. The first kappa shape index (κ1) is 16.4. The van der Waals surface area contributed by atoms with E-state index in [1.54, 1.807) is 0 Å². The third kappa shape index (κ3) is 3.46. The molecule has 0 aromatic rings. The molecule has 1 N–H and O–H groups in total. The highest BCUT2D eigenvalue weighted by molar-refractivity contribution is 6.05. The molecule has 3 atom stereocenters. The predicted molar refractivity (Wildman–Crippen MR) is 80.8 cm³/mol. The van der Waals surface area contributed by atoms with Crippen LogP contribution in [-0.4, -0.2) is 48.1 Å². The van der Waals surface area contributed by atoms with Crippen LogP contribution in [0.3, 0.4) is 0 Å². The molecule has 5 heteroatoms. The molecule has 0 spiro atoms. The molecule has 2 heterocycles. The highest BCUT2D eigenvalue weighted by atomic mass is 16.5. The van der Waals surface area contributed by atoms with Crippen molar-refractivity contribution in [3.05, 3.63) is 0 Å². The van der Waals surface area contributed by atoms with Crippen molar-refractivity contribution in [1.82, 2.24) is 10.2 Å². The van der Waals surface area contributed by atoms with E-state index < -0.39 is 0 Å². The van der Waals surface area contributed by atoms with E-state index in [0.717, 1.165) is 38.8 Å².